The molecule has 1 N–H and O–H groups in total. The van der Waals surface area contributed by atoms with E-state index in [1.807, 2.05) is 47.8 Å². The van der Waals surface area contributed by atoms with E-state index in [1.54, 1.807) is 6.07 Å². The number of carbonyl (C=O) groups excluding carboxylic acids is 1. The van der Waals surface area contributed by atoms with E-state index in [1.165, 1.54) is 16.1 Å². The van der Waals surface area contributed by atoms with E-state index in [4.69, 9.17) is 4.52 Å². The quantitative estimate of drug-likeness (QED) is 0.614. The van der Waals surface area contributed by atoms with Crippen molar-refractivity contribution in [1.82, 2.24) is 25.4 Å². The highest BCUT2D eigenvalue weighted by Gasteiger charge is 2.16. The predicted octanol–water partition coefficient (Wildman–Crippen LogP) is 2.63. The molecule has 0 unspecified atom stereocenters. The molecule has 0 radical (unpaired) electrons. The van der Waals surface area contributed by atoms with Crippen LogP contribution in [0.3, 0.4) is 0 Å². The van der Waals surface area contributed by atoms with E-state index >= 15 is 0 Å². The molecule has 0 aliphatic carbocycles. The molecule has 9 heteroatoms. The van der Waals surface area contributed by atoms with Gasteiger partial charge in [-0.15, -0.1) is 26.3 Å². The van der Waals surface area contributed by atoms with Gasteiger partial charge in [-0.25, -0.2) is 0 Å². The summed E-state index contributed by atoms with van der Waals surface area (Å²) in [6, 6.07) is 14.7. The number of nitrogens with one attached hydrogen (secondary N) is 1. The molecule has 1 amide bonds. The number of rotatable bonds is 4. The Bertz CT molecular complexity index is 961. The molecule has 1 aromatic carbocycles. The Hall–Kier alpha value is -3.33. The average Bonchev–Trinajstić information content (AvgIpc) is 3.36. The lowest BCUT2D eigenvalue weighted by Crippen LogP contribution is -2.13. The number of benzene rings is 1. The van der Waals surface area contributed by atoms with Gasteiger partial charge in [0.1, 0.15) is 5.69 Å². The van der Waals surface area contributed by atoms with Crippen LogP contribution in [0, 0.1) is 0 Å². The van der Waals surface area contributed by atoms with Crippen molar-refractivity contribution in [3.8, 4) is 16.3 Å². The minimum absolute atomic E-state index is 0.0621. The van der Waals surface area contributed by atoms with Crippen LogP contribution in [0.15, 0.2) is 58.4 Å². The van der Waals surface area contributed by atoms with Gasteiger partial charge in [-0.1, -0.05) is 29.4 Å². The second-order valence-corrected chi connectivity index (χ2v) is 5.69. The fraction of sp³-hybridized carbons (Fsp3) is 0. The molecule has 0 aliphatic heterocycles. The fourth-order valence-electron chi connectivity index (χ4n) is 2.02. The first kappa shape index (κ1) is 14.3. The molecule has 118 valence electrons. The maximum Gasteiger partial charge on any atom is 0.299 e. The van der Waals surface area contributed by atoms with Gasteiger partial charge < -0.3 is 4.52 Å². The molecule has 4 aromatic rings. The lowest BCUT2D eigenvalue weighted by atomic mass is 10.3. The van der Waals surface area contributed by atoms with Gasteiger partial charge in [-0.05, 0) is 28.8 Å². The lowest BCUT2D eigenvalue weighted by molar-refractivity contribution is 0.101. The zero-order chi connectivity index (χ0) is 16.4. The number of hydrogen-bond donors (Lipinski definition) is 1. The fourth-order valence-corrected chi connectivity index (χ4v) is 2.70. The van der Waals surface area contributed by atoms with Crippen molar-refractivity contribution in [1.29, 1.82) is 0 Å². The molecular weight excluding hydrogens is 328 g/mol. The molecule has 0 aliphatic rings. The first-order chi connectivity index (χ1) is 11.8. The summed E-state index contributed by atoms with van der Waals surface area (Å²) in [6.45, 7) is 0. The van der Waals surface area contributed by atoms with E-state index in [-0.39, 0.29) is 11.7 Å². The molecule has 24 heavy (non-hydrogen) atoms. The summed E-state index contributed by atoms with van der Waals surface area (Å²) in [5, 5.41) is 20.1. The highest BCUT2D eigenvalue weighted by atomic mass is 32.1. The van der Waals surface area contributed by atoms with Crippen LogP contribution in [0.4, 0.5) is 5.88 Å². The largest absolute Gasteiger partial charge is 0.338 e. The Morgan fingerprint density at radius 2 is 2.04 bits per heavy atom. The highest BCUT2D eigenvalue weighted by molar-refractivity contribution is 7.13. The van der Waals surface area contributed by atoms with Crippen molar-refractivity contribution < 1.29 is 9.32 Å². The minimum Gasteiger partial charge on any atom is -0.338 e. The van der Waals surface area contributed by atoms with Crippen LogP contribution in [0.5, 0.6) is 0 Å². The molecule has 0 saturated carbocycles. The minimum atomic E-state index is -0.522. The van der Waals surface area contributed by atoms with Crippen molar-refractivity contribution in [2.75, 3.05) is 5.32 Å². The van der Waals surface area contributed by atoms with Gasteiger partial charge in [0.25, 0.3) is 11.7 Å². The molecule has 0 spiro atoms. The normalized spacial score (nSPS) is 10.7. The summed E-state index contributed by atoms with van der Waals surface area (Å²) in [6.07, 6.45) is 0. The second-order valence-electron chi connectivity index (χ2n) is 4.75. The standard InChI is InChI=1S/C15H10N6O2S/c22-15(14-17-20-21(18-14)10-5-2-1-3-6-10)16-13-9-11(19-23-13)12-7-4-8-24-12/h1-9H,(H,16,22). The Morgan fingerprint density at radius 1 is 1.17 bits per heavy atom. The number of nitrogens with zero attached hydrogens (tertiary/aromatic N) is 5. The molecule has 4 rings (SSSR count). The third-order valence-electron chi connectivity index (χ3n) is 3.12. The van der Waals surface area contributed by atoms with E-state index in [2.05, 4.69) is 25.9 Å². The number of thiophene rings is 1. The molecule has 0 atom stereocenters. The zero-order valence-electron chi connectivity index (χ0n) is 12.2. The van der Waals surface area contributed by atoms with Gasteiger partial charge in [0.2, 0.25) is 5.88 Å². The third-order valence-corrected chi connectivity index (χ3v) is 4.02. The molecular formula is C15H10N6O2S. The van der Waals surface area contributed by atoms with E-state index in [0.29, 0.717) is 11.4 Å². The number of tetrazole rings is 1. The van der Waals surface area contributed by atoms with E-state index < -0.39 is 5.91 Å². The molecule has 3 heterocycles. The van der Waals surface area contributed by atoms with Crippen LogP contribution < -0.4 is 5.32 Å². The van der Waals surface area contributed by atoms with E-state index in [0.717, 1.165) is 4.88 Å². The molecule has 8 nitrogen and oxygen atoms in total. The molecule has 0 saturated heterocycles. The summed E-state index contributed by atoms with van der Waals surface area (Å²) in [5.74, 6) is -0.363. The van der Waals surface area contributed by atoms with Crippen molar-refractivity contribution >= 4 is 23.1 Å². The topological polar surface area (TPSA) is 98.7 Å². The third kappa shape index (κ3) is 2.79. The second kappa shape index (κ2) is 6.05. The number of anilines is 1. The summed E-state index contributed by atoms with van der Waals surface area (Å²) < 4.78 is 5.11. The summed E-state index contributed by atoms with van der Waals surface area (Å²) in [7, 11) is 0. The van der Waals surface area contributed by atoms with E-state index in [9.17, 15) is 4.79 Å². The van der Waals surface area contributed by atoms with Gasteiger partial charge >= 0.3 is 0 Å². The number of aromatic nitrogens is 5. The van der Waals surface area contributed by atoms with Crippen LogP contribution in [0.25, 0.3) is 16.3 Å². The van der Waals surface area contributed by atoms with Crippen LogP contribution in [-0.2, 0) is 0 Å². The molecule has 3 aromatic heterocycles. The number of hydrogen-bond acceptors (Lipinski definition) is 7. The number of para-hydroxylation sites is 1. The molecule has 0 bridgehead atoms. The highest BCUT2D eigenvalue weighted by Crippen LogP contribution is 2.25. The average molecular weight is 338 g/mol. The van der Waals surface area contributed by atoms with Crippen molar-refractivity contribution in [3.63, 3.8) is 0 Å². The smallest absolute Gasteiger partial charge is 0.299 e. The van der Waals surface area contributed by atoms with Gasteiger partial charge in [0, 0.05) is 6.07 Å². The lowest BCUT2D eigenvalue weighted by Gasteiger charge is -1.96. The van der Waals surface area contributed by atoms with Gasteiger partial charge in [-0.2, -0.15) is 0 Å². The van der Waals surface area contributed by atoms with Crippen LogP contribution in [-0.4, -0.2) is 31.3 Å². The maximum atomic E-state index is 12.2. The van der Waals surface area contributed by atoms with Crippen molar-refractivity contribution in [3.05, 3.63) is 59.7 Å². The maximum absolute atomic E-state index is 12.2. The Morgan fingerprint density at radius 3 is 2.83 bits per heavy atom. The Labute approximate surface area is 139 Å². The van der Waals surface area contributed by atoms with Gasteiger partial charge in [0.15, 0.2) is 0 Å². The monoisotopic (exact) mass is 338 g/mol. The Kier molecular flexibility index (Phi) is 3.60. The number of carbonyl (C=O) groups is 1. The SMILES string of the molecule is O=C(Nc1cc(-c2cccs2)no1)c1nnn(-c2ccccc2)n1. The van der Waals surface area contributed by atoms with Gasteiger partial charge in [-0.3, -0.25) is 10.1 Å². The van der Waals surface area contributed by atoms with Crippen molar-refractivity contribution in [2.24, 2.45) is 0 Å². The molecule has 0 fully saturated rings. The summed E-state index contributed by atoms with van der Waals surface area (Å²) in [4.78, 5) is 14.4. The summed E-state index contributed by atoms with van der Waals surface area (Å²) >= 11 is 1.53. The predicted molar refractivity (Wildman–Crippen MR) is 86.9 cm³/mol. The van der Waals surface area contributed by atoms with Gasteiger partial charge in [0.05, 0.1) is 10.6 Å². The number of amides is 1. The summed E-state index contributed by atoms with van der Waals surface area (Å²) in [5.41, 5.74) is 1.37. The van der Waals surface area contributed by atoms with Crippen molar-refractivity contribution in [2.45, 2.75) is 0 Å². The van der Waals surface area contributed by atoms with Crippen LogP contribution in [0.1, 0.15) is 10.6 Å². The zero-order valence-corrected chi connectivity index (χ0v) is 13.0. The Balaban J connectivity index is 1.50. The first-order valence-corrected chi connectivity index (χ1v) is 7.85. The van der Waals surface area contributed by atoms with Crippen LogP contribution in [0.2, 0.25) is 0 Å². The van der Waals surface area contributed by atoms with Crippen LogP contribution >= 0.6 is 11.3 Å². The first-order valence-electron chi connectivity index (χ1n) is 6.97.